The van der Waals surface area contributed by atoms with Crippen molar-refractivity contribution in [1.82, 2.24) is 5.32 Å². The Kier molecular flexibility index (Phi) is 4.56. The summed E-state index contributed by atoms with van der Waals surface area (Å²) in [6.45, 7) is 2.79. The van der Waals surface area contributed by atoms with Crippen LogP contribution in [0.3, 0.4) is 0 Å². The van der Waals surface area contributed by atoms with Crippen LogP contribution in [0.25, 0.3) is 0 Å². The first-order chi connectivity index (χ1) is 9.60. The van der Waals surface area contributed by atoms with Gasteiger partial charge in [-0.15, -0.1) is 0 Å². The van der Waals surface area contributed by atoms with Crippen molar-refractivity contribution >= 4 is 0 Å². The van der Waals surface area contributed by atoms with Gasteiger partial charge in [-0.25, -0.2) is 4.39 Å². The summed E-state index contributed by atoms with van der Waals surface area (Å²) in [4.78, 5) is 0. The molecule has 108 valence electrons. The van der Waals surface area contributed by atoms with Crippen LogP contribution in [0.4, 0.5) is 8.78 Å². The molecule has 2 rings (SSSR count). The largest absolute Gasteiger partial charge is 0.487 e. The molecule has 5 heteroatoms. The first-order valence-corrected chi connectivity index (χ1v) is 6.87. The molecule has 1 N–H and O–H groups in total. The third kappa shape index (κ3) is 3.07. The fraction of sp³-hybridized carbons (Fsp3) is 0.533. The van der Waals surface area contributed by atoms with Crippen molar-refractivity contribution in [1.29, 1.82) is 5.26 Å². The molecule has 0 radical (unpaired) electrons. The van der Waals surface area contributed by atoms with E-state index in [9.17, 15) is 14.0 Å². The zero-order valence-electron chi connectivity index (χ0n) is 11.5. The number of hydrogen-bond acceptors (Lipinski definition) is 3. The lowest BCUT2D eigenvalue weighted by molar-refractivity contribution is 0.190. The van der Waals surface area contributed by atoms with E-state index in [1.54, 1.807) is 0 Å². The number of nitrogens with zero attached hydrogens (tertiary/aromatic N) is 1. The van der Waals surface area contributed by atoms with Gasteiger partial charge in [-0.2, -0.15) is 9.65 Å². The molecule has 0 bridgehead atoms. The summed E-state index contributed by atoms with van der Waals surface area (Å²) < 4.78 is 32.2. The third-order valence-corrected chi connectivity index (χ3v) is 3.61. The van der Waals surface area contributed by atoms with Gasteiger partial charge in [0.2, 0.25) is 5.82 Å². The Morgan fingerprint density at radius 3 is 3.00 bits per heavy atom. The monoisotopic (exact) mass is 280 g/mol. The molecule has 1 saturated carbocycles. The van der Waals surface area contributed by atoms with Crippen molar-refractivity contribution in [2.24, 2.45) is 0 Å². The quantitative estimate of drug-likeness (QED) is 0.901. The van der Waals surface area contributed by atoms with Crippen LogP contribution in [-0.4, -0.2) is 18.2 Å². The summed E-state index contributed by atoms with van der Waals surface area (Å²) in [5, 5.41) is 12.6. The van der Waals surface area contributed by atoms with Gasteiger partial charge in [-0.1, -0.05) is 13.0 Å². The summed E-state index contributed by atoms with van der Waals surface area (Å²) >= 11 is 0. The van der Waals surface area contributed by atoms with E-state index in [-0.39, 0.29) is 11.9 Å². The van der Waals surface area contributed by atoms with Crippen LogP contribution in [0.5, 0.6) is 5.75 Å². The molecule has 1 aromatic rings. The highest BCUT2D eigenvalue weighted by Crippen LogP contribution is 2.33. The lowest BCUT2D eigenvalue weighted by Gasteiger charge is -2.22. The van der Waals surface area contributed by atoms with Crippen LogP contribution in [0.15, 0.2) is 18.2 Å². The molecule has 2 atom stereocenters. The van der Waals surface area contributed by atoms with Gasteiger partial charge >= 0.3 is 0 Å². The molecule has 3 nitrogen and oxygen atoms in total. The van der Waals surface area contributed by atoms with Crippen molar-refractivity contribution in [3.63, 3.8) is 0 Å². The number of ether oxygens (including phenoxy) is 1. The van der Waals surface area contributed by atoms with Gasteiger partial charge in [0.15, 0.2) is 11.6 Å². The molecule has 0 amide bonds. The third-order valence-electron chi connectivity index (χ3n) is 3.61. The maximum Gasteiger partial charge on any atom is 0.200 e. The van der Waals surface area contributed by atoms with Crippen LogP contribution in [0, 0.1) is 23.0 Å². The highest BCUT2D eigenvalue weighted by molar-refractivity contribution is 5.26. The van der Waals surface area contributed by atoms with Gasteiger partial charge in [-0.3, -0.25) is 5.32 Å². The Bertz CT molecular complexity index is 515. The van der Waals surface area contributed by atoms with E-state index in [2.05, 4.69) is 11.4 Å². The molecule has 0 aliphatic heterocycles. The van der Waals surface area contributed by atoms with E-state index in [0.717, 1.165) is 19.0 Å². The predicted octanol–water partition coefficient (Wildman–Crippen LogP) is 3.16. The fourth-order valence-corrected chi connectivity index (χ4v) is 2.52. The molecule has 0 heterocycles. The zero-order chi connectivity index (χ0) is 14.6. The van der Waals surface area contributed by atoms with Gasteiger partial charge in [-0.05, 0) is 37.9 Å². The van der Waals surface area contributed by atoms with E-state index in [0.29, 0.717) is 19.3 Å². The molecule has 20 heavy (non-hydrogen) atoms. The smallest absolute Gasteiger partial charge is 0.200 e. The number of benzene rings is 1. The Balaban J connectivity index is 2.03. The van der Waals surface area contributed by atoms with E-state index >= 15 is 0 Å². The Morgan fingerprint density at radius 1 is 1.50 bits per heavy atom. The van der Waals surface area contributed by atoms with Gasteiger partial charge in [0.1, 0.15) is 11.6 Å². The molecular formula is C15H18F2N2O. The van der Waals surface area contributed by atoms with Gasteiger partial charge in [0.05, 0.1) is 6.07 Å². The minimum absolute atomic E-state index is 0.0840. The van der Waals surface area contributed by atoms with Crippen LogP contribution in [0.2, 0.25) is 0 Å². The second-order valence-electron chi connectivity index (χ2n) is 5.16. The van der Waals surface area contributed by atoms with Crippen molar-refractivity contribution in [2.45, 2.75) is 44.2 Å². The topological polar surface area (TPSA) is 45.0 Å². The summed E-state index contributed by atoms with van der Waals surface area (Å²) in [5.41, 5.74) is -0.607. The fourth-order valence-electron chi connectivity index (χ4n) is 2.52. The molecule has 2 unspecified atom stereocenters. The van der Waals surface area contributed by atoms with E-state index in [1.165, 1.54) is 12.1 Å². The van der Waals surface area contributed by atoms with Crippen LogP contribution in [0.1, 0.15) is 32.6 Å². The first kappa shape index (κ1) is 14.7. The summed E-state index contributed by atoms with van der Waals surface area (Å²) in [6, 6.07) is 6.17. The second-order valence-corrected chi connectivity index (χ2v) is 5.16. The number of halogens is 2. The Labute approximate surface area is 117 Å². The zero-order valence-corrected chi connectivity index (χ0v) is 11.5. The molecule has 0 saturated heterocycles. The molecule has 0 aromatic heterocycles. The maximum atomic E-state index is 13.6. The molecule has 1 aliphatic carbocycles. The Morgan fingerprint density at radius 2 is 2.30 bits per heavy atom. The maximum absolute atomic E-state index is 13.6. The SMILES string of the molecule is CCCNC1(C#N)CCC(Oc2cccc(F)c2F)C1. The van der Waals surface area contributed by atoms with E-state index in [1.807, 2.05) is 6.92 Å². The van der Waals surface area contributed by atoms with E-state index in [4.69, 9.17) is 4.74 Å². The normalized spacial score (nSPS) is 25.4. The van der Waals surface area contributed by atoms with Crippen molar-refractivity contribution < 1.29 is 13.5 Å². The average molecular weight is 280 g/mol. The van der Waals surface area contributed by atoms with Crippen molar-refractivity contribution in [3.05, 3.63) is 29.8 Å². The molecule has 1 fully saturated rings. The number of hydrogen-bond donors (Lipinski definition) is 1. The molecule has 1 aromatic carbocycles. The average Bonchev–Trinajstić information content (AvgIpc) is 2.86. The second kappa shape index (κ2) is 6.19. The first-order valence-electron chi connectivity index (χ1n) is 6.87. The Hall–Kier alpha value is -1.67. The van der Waals surface area contributed by atoms with E-state index < -0.39 is 17.2 Å². The van der Waals surface area contributed by atoms with Crippen molar-refractivity contribution in [3.8, 4) is 11.8 Å². The summed E-state index contributed by atoms with van der Waals surface area (Å²) in [6.07, 6.45) is 2.47. The number of rotatable bonds is 5. The lowest BCUT2D eigenvalue weighted by Crippen LogP contribution is -2.42. The number of nitrogens with one attached hydrogen (secondary N) is 1. The lowest BCUT2D eigenvalue weighted by atomic mass is 9.99. The van der Waals surface area contributed by atoms with Crippen LogP contribution < -0.4 is 10.1 Å². The predicted molar refractivity (Wildman–Crippen MR) is 71.3 cm³/mol. The van der Waals surface area contributed by atoms with Gasteiger partial charge in [0, 0.05) is 6.42 Å². The summed E-state index contributed by atoms with van der Waals surface area (Å²) in [7, 11) is 0. The molecule has 1 aliphatic rings. The highest BCUT2D eigenvalue weighted by Gasteiger charge is 2.40. The molecule has 0 spiro atoms. The molecular weight excluding hydrogens is 262 g/mol. The highest BCUT2D eigenvalue weighted by atomic mass is 19.2. The minimum atomic E-state index is -0.969. The standard InChI is InChI=1S/C15H18F2N2O/c1-2-8-19-15(10-18)7-6-11(9-15)20-13-5-3-4-12(16)14(13)17/h3-5,11,19H,2,6-9H2,1H3. The van der Waals surface area contributed by atoms with Crippen LogP contribution >= 0.6 is 0 Å². The summed E-state index contributed by atoms with van der Waals surface area (Å²) in [5.74, 6) is -1.97. The van der Waals surface area contributed by atoms with Gasteiger partial charge < -0.3 is 4.74 Å². The van der Waals surface area contributed by atoms with Crippen LogP contribution in [-0.2, 0) is 0 Å². The number of nitriles is 1. The minimum Gasteiger partial charge on any atom is -0.487 e. The van der Waals surface area contributed by atoms with Gasteiger partial charge in [0.25, 0.3) is 0 Å². The van der Waals surface area contributed by atoms with Crippen molar-refractivity contribution in [2.75, 3.05) is 6.54 Å².